The topological polar surface area (TPSA) is 65.0 Å². The average Bonchev–Trinajstić information content (AvgIpc) is 3.22. The highest BCUT2D eigenvalue weighted by molar-refractivity contribution is 5.58. The molecule has 0 spiro atoms. The van der Waals surface area contributed by atoms with Crippen molar-refractivity contribution in [3.8, 4) is 11.3 Å². The quantitative estimate of drug-likeness (QED) is 0.744. The van der Waals surface area contributed by atoms with Gasteiger partial charge < -0.3 is 5.11 Å². The van der Waals surface area contributed by atoms with Crippen molar-refractivity contribution in [1.82, 2.24) is 20.1 Å². The van der Waals surface area contributed by atoms with Gasteiger partial charge in [0.25, 0.3) is 0 Å². The van der Waals surface area contributed by atoms with E-state index in [9.17, 15) is 5.11 Å². The van der Waals surface area contributed by atoms with E-state index < -0.39 is 0 Å². The molecule has 134 valence electrons. The molecule has 1 aliphatic heterocycles. The van der Waals surface area contributed by atoms with Gasteiger partial charge in [0.15, 0.2) is 0 Å². The molecule has 3 aromatic rings. The lowest BCUT2D eigenvalue weighted by Gasteiger charge is -2.15. The Bertz CT molecular complexity index is 844. The Morgan fingerprint density at radius 1 is 1.15 bits per heavy atom. The number of pyridine rings is 1. The fourth-order valence-corrected chi connectivity index (χ4v) is 3.69. The molecule has 0 unspecified atom stereocenters. The minimum Gasteiger partial charge on any atom is -0.391 e. The number of hydrogen-bond donors (Lipinski definition) is 2. The number of rotatable bonds is 5. The Balaban J connectivity index is 1.37. The Hall–Kier alpha value is -2.50. The van der Waals surface area contributed by atoms with Crippen molar-refractivity contribution in [2.45, 2.75) is 26.0 Å². The zero-order valence-corrected chi connectivity index (χ0v) is 15.0. The van der Waals surface area contributed by atoms with Crippen LogP contribution in [0.25, 0.3) is 11.3 Å². The third-order valence-electron chi connectivity index (χ3n) is 5.03. The molecule has 4 rings (SSSR count). The molecule has 2 N–H and O–H groups in total. The lowest BCUT2D eigenvalue weighted by atomic mass is 10.0. The van der Waals surface area contributed by atoms with E-state index in [1.54, 1.807) is 0 Å². The third-order valence-corrected chi connectivity index (χ3v) is 5.03. The van der Waals surface area contributed by atoms with Gasteiger partial charge in [-0.05, 0) is 37.1 Å². The van der Waals surface area contributed by atoms with E-state index in [0.29, 0.717) is 0 Å². The maximum absolute atomic E-state index is 10.4. The van der Waals surface area contributed by atoms with Crippen molar-refractivity contribution < 1.29 is 5.11 Å². The standard InChI is InChI=1S/C21H24N4O/c1-15-10-19(24-23-15)11-18-13-25(14-21(18)26)12-16-5-7-17(8-6-16)20-4-2-3-9-22-20/h2-10,18,21,26H,11-14H2,1H3,(H,23,24)/t18-,21+/m1/s1. The molecule has 3 heterocycles. The summed E-state index contributed by atoms with van der Waals surface area (Å²) in [5, 5.41) is 17.7. The predicted molar refractivity (Wildman–Crippen MR) is 101 cm³/mol. The molecule has 1 aliphatic rings. The maximum Gasteiger partial charge on any atom is 0.0711 e. The van der Waals surface area contributed by atoms with Crippen LogP contribution in [0.1, 0.15) is 17.0 Å². The van der Waals surface area contributed by atoms with E-state index in [2.05, 4.69) is 50.4 Å². The average molecular weight is 348 g/mol. The lowest BCUT2D eigenvalue weighted by molar-refractivity contribution is 0.140. The summed E-state index contributed by atoms with van der Waals surface area (Å²) in [5.41, 5.74) is 5.48. The number of aliphatic hydroxyl groups is 1. The van der Waals surface area contributed by atoms with Crippen LogP contribution < -0.4 is 0 Å². The Labute approximate surface area is 153 Å². The number of nitrogens with one attached hydrogen (secondary N) is 1. The summed E-state index contributed by atoms with van der Waals surface area (Å²) in [6.45, 7) is 4.48. The van der Waals surface area contributed by atoms with E-state index in [4.69, 9.17) is 0 Å². The minimum atomic E-state index is -0.292. The largest absolute Gasteiger partial charge is 0.391 e. The van der Waals surface area contributed by atoms with Crippen molar-refractivity contribution in [3.63, 3.8) is 0 Å². The van der Waals surface area contributed by atoms with Crippen LogP contribution in [0.5, 0.6) is 0 Å². The number of aryl methyl sites for hydroxylation is 1. The molecule has 0 saturated carbocycles. The third kappa shape index (κ3) is 3.84. The molecule has 5 heteroatoms. The summed E-state index contributed by atoms with van der Waals surface area (Å²) in [6.07, 6.45) is 2.34. The SMILES string of the molecule is Cc1cc(C[C@@H]2CN(Cc3ccc(-c4ccccn4)cc3)C[C@@H]2O)n[nH]1. The summed E-state index contributed by atoms with van der Waals surface area (Å²) in [7, 11) is 0. The maximum atomic E-state index is 10.4. The summed E-state index contributed by atoms with van der Waals surface area (Å²) < 4.78 is 0. The molecule has 1 fully saturated rings. The molecule has 1 saturated heterocycles. The van der Waals surface area contributed by atoms with Gasteiger partial charge in [0.05, 0.1) is 17.5 Å². The normalized spacial score (nSPS) is 20.5. The molecule has 2 aromatic heterocycles. The summed E-state index contributed by atoms with van der Waals surface area (Å²) in [4.78, 5) is 6.72. The molecule has 5 nitrogen and oxygen atoms in total. The second-order valence-corrected chi connectivity index (χ2v) is 7.18. The summed E-state index contributed by atoms with van der Waals surface area (Å²) in [6, 6.07) is 16.6. The van der Waals surface area contributed by atoms with E-state index in [0.717, 1.165) is 48.7 Å². The van der Waals surface area contributed by atoms with Crippen LogP contribution in [0.2, 0.25) is 0 Å². The summed E-state index contributed by atoms with van der Waals surface area (Å²) >= 11 is 0. The first-order valence-electron chi connectivity index (χ1n) is 9.09. The van der Waals surface area contributed by atoms with Gasteiger partial charge in [-0.3, -0.25) is 15.0 Å². The molecule has 1 aromatic carbocycles. The van der Waals surface area contributed by atoms with Gasteiger partial charge in [0, 0.05) is 43.0 Å². The van der Waals surface area contributed by atoms with Crippen molar-refractivity contribution in [2.24, 2.45) is 5.92 Å². The number of β-amino-alcohol motifs (C(OH)–C–C–N with tert-alkyl or cyclic N) is 1. The fourth-order valence-electron chi connectivity index (χ4n) is 3.69. The first-order chi connectivity index (χ1) is 12.7. The molecule has 0 radical (unpaired) electrons. The van der Waals surface area contributed by atoms with Gasteiger partial charge in [-0.15, -0.1) is 0 Å². The molecule has 0 amide bonds. The van der Waals surface area contributed by atoms with Gasteiger partial charge in [-0.2, -0.15) is 5.10 Å². The highest BCUT2D eigenvalue weighted by atomic mass is 16.3. The number of likely N-dealkylation sites (tertiary alicyclic amines) is 1. The predicted octanol–water partition coefficient (Wildman–Crippen LogP) is 2.82. The fraction of sp³-hybridized carbons (Fsp3) is 0.333. The number of aromatic nitrogens is 3. The molecule has 0 aliphatic carbocycles. The van der Waals surface area contributed by atoms with E-state index >= 15 is 0 Å². The van der Waals surface area contributed by atoms with E-state index in [1.807, 2.05) is 31.3 Å². The van der Waals surface area contributed by atoms with Gasteiger partial charge in [-0.1, -0.05) is 30.3 Å². The molecule has 0 bridgehead atoms. The van der Waals surface area contributed by atoms with Gasteiger partial charge in [0.2, 0.25) is 0 Å². The monoisotopic (exact) mass is 348 g/mol. The summed E-state index contributed by atoms with van der Waals surface area (Å²) in [5.74, 6) is 0.241. The highest BCUT2D eigenvalue weighted by Gasteiger charge is 2.31. The number of H-pyrrole nitrogens is 1. The number of hydrogen-bond acceptors (Lipinski definition) is 4. The zero-order valence-electron chi connectivity index (χ0n) is 15.0. The van der Waals surface area contributed by atoms with Crippen molar-refractivity contribution in [3.05, 3.63) is 71.7 Å². The number of aliphatic hydroxyl groups excluding tert-OH is 1. The van der Waals surface area contributed by atoms with Crippen LogP contribution in [0.3, 0.4) is 0 Å². The molecule has 26 heavy (non-hydrogen) atoms. The highest BCUT2D eigenvalue weighted by Crippen LogP contribution is 2.24. The second kappa shape index (κ2) is 7.40. The van der Waals surface area contributed by atoms with Crippen LogP contribution >= 0.6 is 0 Å². The number of benzene rings is 1. The van der Waals surface area contributed by atoms with Crippen molar-refractivity contribution in [2.75, 3.05) is 13.1 Å². The van der Waals surface area contributed by atoms with Crippen LogP contribution in [0.4, 0.5) is 0 Å². The van der Waals surface area contributed by atoms with Crippen LogP contribution in [-0.4, -0.2) is 44.4 Å². The second-order valence-electron chi connectivity index (χ2n) is 7.18. The van der Waals surface area contributed by atoms with Crippen LogP contribution in [0.15, 0.2) is 54.7 Å². The lowest BCUT2D eigenvalue weighted by Crippen LogP contribution is -2.21. The smallest absolute Gasteiger partial charge is 0.0711 e. The molecular weight excluding hydrogens is 324 g/mol. The van der Waals surface area contributed by atoms with Gasteiger partial charge in [-0.25, -0.2) is 0 Å². The minimum absolute atomic E-state index is 0.241. The van der Waals surface area contributed by atoms with Crippen LogP contribution in [-0.2, 0) is 13.0 Å². The Morgan fingerprint density at radius 3 is 2.69 bits per heavy atom. The van der Waals surface area contributed by atoms with Crippen molar-refractivity contribution >= 4 is 0 Å². The van der Waals surface area contributed by atoms with Gasteiger partial charge in [0.1, 0.15) is 0 Å². The molecule has 2 atom stereocenters. The van der Waals surface area contributed by atoms with E-state index in [1.165, 1.54) is 5.56 Å². The first-order valence-corrected chi connectivity index (χ1v) is 9.09. The number of nitrogens with zero attached hydrogens (tertiary/aromatic N) is 3. The Morgan fingerprint density at radius 2 is 2.00 bits per heavy atom. The first kappa shape index (κ1) is 16.9. The molecular formula is C21H24N4O. The van der Waals surface area contributed by atoms with E-state index in [-0.39, 0.29) is 12.0 Å². The number of aromatic amines is 1. The van der Waals surface area contributed by atoms with Crippen LogP contribution in [0, 0.1) is 12.8 Å². The Kier molecular flexibility index (Phi) is 4.82. The zero-order chi connectivity index (χ0) is 17.9. The van der Waals surface area contributed by atoms with Crippen molar-refractivity contribution in [1.29, 1.82) is 0 Å². The van der Waals surface area contributed by atoms with Gasteiger partial charge >= 0.3 is 0 Å².